The van der Waals surface area contributed by atoms with Gasteiger partial charge in [-0.05, 0) is 33.0 Å². The van der Waals surface area contributed by atoms with Crippen molar-refractivity contribution < 1.29 is 0 Å². The number of nitrogens with zero attached hydrogens (tertiary/aromatic N) is 3. The van der Waals surface area contributed by atoms with Crippen LogP contribution >= 0.6 is 0 Å². The van der Waals surface area contributed by atoms with E-state index in [1.165, 1.54) is 18.4 Å². The van der Waals surface area contributed by atoms with Crippen LogP contribution in [0.5, 0.6) is 0 Å². The fraction of sp³-hybridized carbons (Fsp3) is 0.769. The van der Waals surface area contributed by atoms with Crippen molar-refractivity contribution in [2.45, 2.75) is 39.3 Å². The van der Waals surface area contributed by atoms with Crippen LogP contribution in [0.25, 0.3) is 0 Å². The minimum atomic E-state index is 0.600. The van der Waals surface area contributed by atoms with Gasteiger partial charge in [0.1, 0.15) is 0 Å². The van der Waals surface area contributed by atoms with E-state index in [2.05, 4.69) is 42.4 Å². The lowest BCUT2D eigenvalue weighted by atomic mass is 10.2. The van der Waals surface area contributed by atoms with Crippen LogP contribution in [0.2, 0.25) is 0 Å². The van der Waals surface area contributed by atoms with Crippen LogP contribution in [0, 0.1) is 0 Å². The second-order valence-corrected chi connectivity index (χ2v) is 5.08. The smallest absolute Gasteiger partial charge is 0.0534 e. The Labute approximate surface area is 105 Å². The Morgan fingerprint density at radius 1 is 1.41 bits per heavy atom. The first kappa shape index (κ1) is 14.2. The van der Waals surface area contributed by atoms with E-state index in [4.69, 9.17) is 0 Å². The first-order chi connectivity index (χ1) is 8.08. The van der Waals surface area contributed by atoms with Gasteiger partial charge < -0.3 is 10.2 Å². The van der Waals surface area contributed by atoms with E-state index in [0.717, 1.165) is 19.6 Å². The van der Waals surface area contributed by atoms with Crippen LogP contribution < -0.4 is 5.32 Å². The van der Waals surface area contributed by atoms with E-state index >= 15 is 0 Å². The number of aryl methyl sites for hydroxylation is 1. The van der Waals surface area contributed by atoms with Gasteiger partial charge in [0.15, 0.2) is 0 Å². The third-order valence-corrected chi connectivity index (χ3v) is 2.73. The number of rotatable bonds is 8. The van der Waals surface area contributed by atoms with Gasteiger partial charge >= 0.3 is 0 Å². The molecule has 0 saturated heterocycles. The Morgan fingerprint density at radius 2 is 2.18 bits per heavy atom. The molecular formula is C13H26N4. The van der Waals surface area contributed by atoms with Crippen molar-refractivity contribution in [2.24, 2.45) is 7.05 Å². The van der Waals surface area contributed by atoms with E-state index in [-0.39, 0.29) is 0 Å². The summed E-state index contributed by atoms with van der Waals surface area (Å²) in [5, 5.41) is 7.62. The Hall–Kier alpha value is -0.870. The standard InChI is InChI=1S/C13H26N4/c1-12(2)14-7-5-6-8-16(3)10-13-9-15-17(4)11-13/h9,11-12,14H,5-8,10H2,1-4H3. The zero-order valence-corrected chi connectivity index (χ0v) is 11.6. The summed E-state index contributed by atoms with van der Waals surface area (Å²) in [4.78, 5) is 2.35. The monoisotopic (exact) mass is 238 g/mol. The van der Waals surface area contributed by atoms with Crippen molar-refractivity contribution in [1.82, 2.24) is 20.0 Å². The molecular weight excluding hydrogens is 212 g/mol. The highest BCUT2D eigenvalue weighted by atomic mass is 15.2. The SMILES string of the molecule is CC(C)NCCCCN(C)Cc1cnn(C)c1. The van der Waals surface area contributed by atoms with Crippen LogP contribution in [-0.2, 0) is 13.6 Å². The lowest BCUT2D eigenvalue weighted by Gasteiger charge is -2.15. The zero-order valence-electron chi connectivity index (χ0n) is 11.6. The summed E-state index contributed by atoms with van der Waals surface area (Å²) >= 11 is 0. The van der Waals surface area contributed by atoms with Crippen LogP contribution in [0.3, 0.4) is 0 Å². The second kappa shape index (κ2) is 7.45. The van der Waals surface area contributed by atoms with Crippen LogP contribution in [0.15, 0.2) is 12.4 Å². The first-order valence-electron chi connectivity index (χ1n) is 6.47. The molecule has 4 nitrogen and oxygen atoms in total. The Balaban J connectivity index is 2.07. The molecule has 1 N–H and O–H groups in total. The lowest BCUT2D eigenvalue weighted by molar-refractivity contribution is 0.317. The topological polar surface area (TPSA) is 33.1 Å². The average Bonchev–Trinajstić information content (AvgIpc) is 2.63. The van der Waals surface area contributed by atoms with Crippen molar-refractivity contribution in [3.05, 3.63) is 18.0 Å². The highest BCUT2D eigenvalue weighted by Gasteiger charge is 2.02. The Morgan fingerprint density at radius 3 is 2.76 bits per heavy atom. The summed E-state index contributed by atoms with van der Waals surface area (Å²) in [7, 11) is 4.13. The molecule has 0 aliphatic carbocycles. The van der Waals surface area contributed by atoms with Gasteiger partial charge in [-0.2, -0.15) is 5.10 Å². The second-order valence-electron chi connectivity index (χ2n) is 5.08. The highest BCUT2D eigenvalue weighted by molar-refractivity contribution is 5.02. The molecule has 1 heterocycles. The average molecular weight is 238 g/mol. The predicted molar refractivity (Wildman–Crippen MR) is 71.9 cm³/mol. The molecule has 1 aromatic rings. The van der Waals surface area contributed by atoms with Gasteiger partial charge in [-0.15, -0.1) is 0 Å². The van der Waals surface area contributed by atoms with Crippen molar-refractivity contribution in [3.8, 4) is 0 Å². The van der Waals surface area contributed by atoms with Gasteiger partial charge in [-0.1, -0.05) is 13.8 Å². The summed E-state index contributed by atoms with van der Waals surface area (Å²) in [5.74, 6) is 0. The van der Waals surface area contributed by atoms with Crippen molar-refractivity contribution in [3.63, 3.8) is 0 Å². The number of aromatic nitrogens is 2. The zero-order chi connectivity index (χ0) is 12.7. The molecule has 0 spiro atoms. The van der Waals surface area contributed by atoms with Crippen molar-refractivity contribution >= 4 is 0 Å². The summed E-state index contributed by atoms with van der Waals surface area (Å²) in [5.41, 5.74) is 1.29. The van der Waals surface area contributed by atoms with Crippen LogP contribution in [0.4, 0.5) is 0 Å². The fourth-order valence-corrected chi connectivity index (χ4v) is 1.84. The number of hydrogen-bond acceptors (Lipinski definition) is 3. The molecule has 0 fully saturated rings. The molecule has 0 saturated carbocycles. The third-order valence-electron chi connectivity index (χ3n) is 2.73. The number of nitrogens with one attached hydrogen (secondary N) is 1. The largest absolute Gasteiger partial charge is 0.315 e. The molecule has 0 amide bonds. The lowest BCUT2D eigenvalue weighted by Crippen LogP contribution is -2.25. The molecule has 4 heteroatoms. The molecule has 0 unspecified atom stereocenters. The molecule has 0 aliphatic heterocycles. The highest BCUT2D eigenvalue weighted by Crippen LogP contribution is 2.02. The third kappa shape index (κ3) is 6.44. The van der Waals surface area contributed by atoms with E-state index in [1.807, 2.05) is 17.9 Å². The first-order valence-corrected chi connectivity index (χ1v) is 6.47. The van der Waals surface area contributed by atoms with Gasteiger partial charge in [0, 0.05) is 31.4 Å². The maximum atomic E-state index is 4.18. The van der Waals surface area contributed by atoms with E-state index in [9.17, 15) is 0 Å². The Bertz CT molecular complexity index is 306. The van der Waals surface area contributed by atoms with Crippen molar-refractivity contribution in [2.75, 3.05) is 20.1 Å². The summed E-state index contributed by atoms with van der Waals surface area (Å²) in [6, 6.07) is 0.600. The van der Waals surface area contributed by atoms with E-state index in [1.54, 1.807) is 0 Å². The minimum Gasteiger partial charge on any atom is -0.315 e. The minimum absolute atomic E-state index is 0.600. The molecule has 0 aromatic carbocycles. The summed E-state index contributed by atoms with van der Waals surface area (Å²) < 4.78 is 1.86. The van der Waals surface area contributed by atoms with E-state index in [0.29, 0.717) is 6.04 Å². The van der Waals surface area contributed by atoms with Crippen molar-refractivity contribution in [1.29, 1.82) is 0 Å². The maximum absolute atomic E-state index is 4.18. The molecule has 1 aromatic heterocycles. The molecule has 0 atom stereocenters. The van der Waals surface area contributed by atoms with Gasteiger partial charge in [-0.3, -0.25) is 4.68 Å². The summed E-state index contributed by atoms with van der Waals surface area (Å²) in [6.07, 6.45) is 6.51. The predicted octanol–water partition coefficient (Wildman–Crippen LogP) is 1.63. The van der Waals surface area contributed by atoms with Gasteiger partial charge in [0.2, 0.25) is 0 Å². The molecule has 0 bridgehead atoms. The molecule has 98 valence electrons. The Kier molecular flexibility index (Phi) is 6.22. The van der Waals surface area contributed by atoms with E-state index < -0.39 is 0 Å². The van der Waals surface area contributed by atoms with Gasteiger partial charge in [-0.25, -0.2) is 0 Å². The number of hydrogen-bond donors (Lipinski definition) is 1. The quantitative estimate of drug-likeness (QED) is 0.699. The molecule has 17 heavy (non-hydrogen) atoms. The number of unbranched alkanes of at least 4 members (excludes halogenated alkanes) is 1. The fourth-order valence-electron chi connectivity index (χ4n) is 1.84. The molecule has 1 rings (SSSR count). The molecule has 0 aliphatic rings. The van der Waals surface area contributed by atoms with Gasteiger partial charge in [0.25, 0.3) is 0 Å². The maximum Gasteiger partial charge on any atom is 0.0534 e. The van der Waals surface area contributed by atoms with Crippen LogP contribution in [0.1, 0.15) is 32.3 Å². The molecule has 0 radical (unpaired) electrons. The van der Waals surface area contributed by atoms with Crippen LogP contribution in [-0.4, -0.2) is 40.9 Å². The van der Waals surface area contributed by atoms with Gasteiger partial charge in [0.05, 0.1) is 6.20 Å². The summed E-state index contributed by atoms with van der Waals surface area (Å²) in [6.45, 7) is 7.64. The normalized spacial score (nSPS) is 11.6.